The Morgan fingerprint density at radius 1 is 1.38 bits per heavy atom. The van der Waals surface area contributed by atoms with Crippen LogP contribution in [0.3, 0.4) is 0 Å². The Morgan fingerprint density at radius 2 is 2.03 bits per heavy atom. The number of nitrogens with two attached hydrogens (primary N) is 2. The predicted molar refractivity (Wildman–Crippen MR) is 122 cm³/mol. The largest absolute Gasteiger partial charge is 0.480 e. The molecule has 2 fully saturated rings. The highest BCUT2D eigenvalue weighted by Crippen LogP contribution is 2.50. The number of amides is 3. The third-order valence-corrected chi connectivity index (χ3v) is 6.70. The van der Waals surface area contributed by atoms with Crippen molar-refractivity contribution in [2.75, 3.05) is 12.3 Å². The molecule has 17 heteroatoms. The van der Waals surface area contributed by atoms with Gasteiger partial charge in [0.15, 0.2) is 17.5 Å². The van der Waals surface area contributed by atoms with Gasteiger partial charge in [-0.1, -0.05) is 5.16 Å². The van der Waals surface area contributed by atoms with Crippen LogP contribution in [-0.4, -0.2) is 73.2 Å². The highest BCUT2D eigenvalue weighted by atomic mass is 35.5. The summed E-state index contributed by atoms with van der Waals surface area (Å²) in [4.78, 5) is 58.2. The lowest BCUT2D eigenvalue weighted by Gasteiger charge is -2.43. The molecule has 0 saturated carbocycles. The average Bonchev–Trinajstić information content (AvgIpc) is 3.21. The molecule has 13 nitrogen and oxygen atoms in total. The van der Waals surface area contributed by atoms with Gasteiger partial charge in [-0.25, -0.2) is 15.6 Å². The number of thioether (sulfide) groups is 1. The number of rotatable bonds is 7. The van der Waals surface area contributed by atoms with E-state index in [1.807, 2.05) is 5.43 Å². The molecule has 178 valence electrons. The summed E-state index contributed by atoms with van der Waals surface area (Å²) in [5.41, 5.74) is 7.24. The lowest BCUT2D eigenvalue weighted by Crippen LogP contribution is -2.71. The molecule has 1 aromatic rings. The number of nitrogens with one attached hydrogen (secondary N) is 2. The van der Waals surface area contributed by atoms with E-state index >= 15 is 0 Å². The Bertz CT molecular complexity index is 943. The van der Waals surface area contributed by atoms with Gasteiger partial charge in [-0.15, -0.1) is 47.9 Å². The zero-order chi connectivity index (χ0) is 22.2. The van der Waals surface area contributed by atoms with Crippen LogP contribution in [0.1, 0.15) is 19.5 Å². The number of halogens is 2. The molecule has 3 rings (SSSR count). The topological polar surface area (TPSA) is 202 Å². The number of hydrazine groups is 1. The lowest BCUT2D eigenvalue weighted by atomic mass is 9.96. The van der Waals surface area contributed by atoms with E-state index in [1.54, 1.807) is 13.8 Å². The number of hydrogen-bond donors (Lipinski definition) is 5. The van der Waals surface area contributed by atoms with Gasteiger partial charge in [0.2, 0.25) is 5.91 Å². The average molecular weight is 530 g/mol. The second-order valence-corrected chi connectivity index (χ2v) is 9.56. The summed E-state index contributed by atoms with van der Waals surface area (Å²) in [6.07, 6.45) is 0. The van der Waals surface area contributed by atoms with Crippen molar-refractivity contribution in [2.24, 2.45) is 11.0 Å². The van der Waals surface area contributed by atoms with Crippen LogP contribution < -0.4 is 22.3 Å². The fourth-order valence-corrected chi connectivity index (χ4v) is 5.33. The van der Waals surface area contributed by atoms with Gasteiger partial charge in [-0.3, -0.25) is 19.8 Å². The van der Waals surface area contributed by atoms with Gasteiger partial charge in [0.05, 0.1) is 0 Å². The predicted octanol–water partition coefficient (Wildman–Crippen LogP) is -1.09. The summed E-state index contributed by atoms with van der Waals surface area (Å²) in [5, 5.41) is 16.7. The molecule has 0 aromatic carbocycles. The fraction of sp³-hybridized carbons (Fsp3) is 0.467. The van der Waals surface area contributed by atoms with Crippen molar-refractivity contribution < 1.29 is 29.1 Å². The summed E-state index contributed by atoms with van der Waals surface area (Å²) < 4.78 is -0.732. The number of hydrogen-bond acceptors (Lipinski definition) is 11. The van der Waals surface area contributed by atoms with E-state index in [0.717, 1.165) is 11.3 Å². The maximum absolute atomic E-state index is 12.8. The minimum Gasteiger partial charge on any atom is -0.480 e. The van der Waals surface area contributed by atoms with Crippen LogP contribution in [0.15, 0.2) is 10.5 Å². The smallest absolute Gasteiger partial charge is 0.327 e. The van der Waals surface area contributed by atoms with Crippen LogP contribution in [0.25, 0.3) is 0 Å². The van der Waals surface area contributed by atoms with E-state index in [2.05, 4.69) is 15.5 Å². The Hall–Kier alpha value is -2.33. The molecular formula is C15H21Cl2N7O6S2. The SMILES string of the molecule is CC1(C)S[C@@H]2C(NC(=O)/C(=N/OCC(=O)NN)c3csc(N)n3)C(=O)N2[C@H]1C(=O)O.Cl.Cl. The molecular weight excluding hydrogens is 509 g/mol. The molecule has 2 saturated heterocycles. The van der Waals surface area contributed by atoms with Crippen LogP contribution in [0.4, 0.5) is 5.13 Å². The highest BCUT2D eigenvalue weighted by Gasteiger charge is 2.64. The van der Waals surface area contributed by atoms with Gasteiger partial charge in [0.1, 0.15) is 23.2 Å². The van der Waals surface area contributed by atoms with E-state index in [4.69, 9.17) is 16.4 Å². The number of nitrogen functional groups attached to an aromatic ring is 1. The van der Waals surface area contributed by atoms with Gasteiger partial charge in [-0.2, -0.15) is 0 Å². The van der Waals surface area contributed by atoms with Crippen LogP contribution >= 0.6 is 47.9 Å². The molecule has 7 N–H and O–H groups in total. The molecule has 3 amide bonds. The van der Waals surface area contributed by atoms with Crippen LogP contribution in [0.5, 0.6) is 0 Å². The maximum Gasteiger partial charge on any atom is 0.327 e. The molecule has 3 atom stereocenters. The summed E-state index contributed by atoms with van der Waals surface area (Å²) >= 11 is 2.34. The molecule has 0 spiro atoms. The number of carbonyl (C=O) groups excluding carboxylic acids is 3. The number of β-lactam (4-membered cyclic amide) rings is 1. The van der Waals surface area contributed by atoms with Gasteiger partial charge in [0.25, 0.3) is 11.8 Å². The first-order valence-electron chi connectivity index (χ1n) is 8.51. The van der Waals surface area contributed by atoms with Crippen molar-refractivity contribution in [3.63, 3.8) is 0 Å². The highest BCUT2D eigenvalue weighted by molar-refractivity contribution is 8.01. The molecule has 1 aromatic heterocycles. The molecule has 2 aliphatic rings. The van der Waals surface area contributed by atoms with E-state index in [-0.39, 0.29) is 41.4 Å². The number of anilines is 1. The van der Waals surface area contributed by atoms with Crippen molar-refractivity contribution in [3.05, 3.63) is 11.1 Å². The number of carbonyl (C=O) groups is 4. The van der Waals surface area contributed by atoms with E-state index in [9.17, 15) is 24.3 Å². The first-order valence-corrected chi connectivity index (χ1v) is 10.3. The number of thiazole rings is 1. The fourth-order valence-electron chi connectivity index (χ4n) is 3.15. The quantitative estimate of drug-likeness (QED) is 0.0948. The van der Waals surface area contributed by atoms with Crippen LogP contribution in [-0.2, 0) is 24.0 Å². The van der Waals surface area contributed by atoms with Gasteiger partial charge in [-0.05, 0) is 13.8 Å². The van der Waals surface area contributed by atoms with Crippen LogP contribution in [0.2, 0.25) is 0 Å². The molecule has 0 bridgehead atoms. The number of carboxylic acid groups (broad SMARTS) is 1. The Kier molecular flexibility index (Phi) is 9.11. The van der Waals surface area contributed by atoms with Gasteiger partial charge in [0, 0.05) is 10.1 Å². The molecule has 0 aliphatic carbocycles. The van der Waals surface area contributed by atoms with Gasteiger partial charge >= 0.3 is 5.97 Å². The maximum atomic E-state index is 12.8. The third kappa shape index (κ3) is 5.17. The van der Waals surface area contributed by atoms with Crippen LogP contribution in [0, 0.1) is 0 Å². The number of aromatic nitrogens is 1. The zero-order valence-electron chi connectivity index (χ0n) is 16.6. The lowest BCUT2D eigenvalue weighted by molar-refractivity contribution is -0.160. The van der Waals surface area contributed by atoms with Crippen molar-refractivity contribution in [3.8, 4) is 0 Å². The standard InChI is InChI=1S/C15H19N7O6S2.2ClH/c1-15(2)9(13(26)27)22-11(25)8(12(22)30-15)19-10(24)7(5-4-29-14(16)18-5)21-28-3-6(23)20-17;;/h4,8-9,12H,3,17H2,1-2H3,(H2,16,18)(H,19,24)(H,20,23)(H,26,27);2*1H/b21-7+;;/t8?,9-,12+;;/m0../s1. The number of carboxylic acids is 1. The van der Waals surface area contributed by atoms with Crippen molar-refractivity contribution in [2.45, 2.75) is 36.1 Å². The van der Waals surface area contributed by atoms with Crippen molar-refractivity contribution in [1.29, 1.82) is 0 Å². The first kappa shape index (κ1) is 27.7. The molecule has 2 aliphatic heterocycles. The van der Waals surface area contributed by atoms with E-state index in [0.29, 0.717) is 0 Å². The first-order chi connectivity index (χ1) is 14.1. The second-order valence-electron chi connectivity index (χ2n) is 6.90. The third-order valence-electron chi connectivity index (χ3n) is 4.45. The summed E-state index contributed by atoms with van der Waals surface area (Å²) in [6.45, 7) is 2.90. The normalized spacial score (nSPS) is 23.1. The summed E-state index contributed by atoms with van der Waals surface area (Å²) in [7, 11) is 0. The van der Waals surface area contributed by atoms with Crippen molar-refractivity contribution >= 4 is 82.4 Å². The van der Waals surface area contributed by atoms with Crippen molar-refractivity contribution in [1.82, 2.24) is 20.6 Å². The number of aliphatic carboxylic acids is 1. The van der Waals surface area contributed by atoms with Gasteiger partial charge < -0.3 is 25.9 Å². The number of fused-ring (bicyclic) bond motifs is 1. The Morgan fingerprint density at radius 3 is 2.56 bits per heavy atom. The summed E-state index contributed by atoms with van der Waals surface area (Å²) in [5.74, 6) is 1.86. The zero-order valence-corrected chi connectivity index (χ0v) is 19.9. The Balaban J connectivity index is 0.00000256. The number of oxime groups is 1. The minimum atomic E-state index is -1.11. The molecule has 1 unspecified atom stereocenters. The summed E-state index contributed by atoms with van der Waals surface area (Å²) in [6, 6.07) is -1.95. The molecule has 32 heavy (non-hydrogen) atoms. The molecule has 3 heterocycles. The molecule has 0 radical (unpaired) electrons. The monoisotopic (exact) mass is 529 g/mol. The minimum absolute atomic E-state index is 0. The second kappa shape index (κ2) is 10.5. The Labute approximate surface area is 202 Å². The van der Waals surface area contributed by atoms with E-state index < -0.39 is 52.5 Å². The van der Waals surface area contributed by atoms with E-state index in [1.165, 1.54) is 22.0 Å². The number of nitrogens with zero attached hydrogens (tertiary/aromatic N) is 3.